The van der Waals surface area contributed by atoms with Crippen LogP contribution in [0.25, 0.3) is 0 Å². The average Bonchev–Trinajstić information content (AvgIpc) is 2.65. The number of benzene rings is 2. The molecule has 4 nitrogen and oxygen atoms in total. The number of rotatable bonds is 11. The minimum atomic E-state index is -0.544. The van der Waals surface area contributed by atoms with Crippen molar-refractivity contribution in [2.24, 2.45) is 5.92 Å². The average molecular weight is 357 g/mol. The van der Waals surface area contributed by atoms with E-state index in [9.17, 15) is 5.11 Å². The highest BCUT2D eigenvalue weighted by Crippen LogP contribution is 2.20. The van der Waals surface area contributed by atoms with Gasteiger partial charge in [0.2, 0.25) is 0 Å². The number of hydrogen-bond acceptors (Lipinski definition) is 4. The number of aliphatic hydroxyl groups excluding tert-OH is 1. The van der Waals surface area contributed by atoms with Gasteiger partial charge in [-0.05, 0) is 37.1 Å². The van der Waals surface area contributed by atoms with E-state index in [0.29, 0.717) is 12.5 Å². The lowest BCUT2D eigenvalue weighted by Crippen LogP contribution is -2.36. The largest absolute Gasteiger partial charge is 0.496 e. The van der Waals surface area contributed by atoms with Crippen LogP contribution in [0.1, 0.15) is 25.8 Å². The van der Waals surface area contributed by atoms with E-state index in [-0.39, 0.29) is 6.61 Å². The normalized spacial score (nSPS) is 12.4. The van der Waals surface area contributed by atoms with Crippen LogP contribution in [0, 0.1) is 5.92 Å². The molecule has 0 fully saturated rings. The topological polar surface area (TPSA) is 41.9 Å². The summed E-state index contributed by atoms with van der Waals surface area (Å²) in [6.07, 6.45) is 0.540. The quantitative estimate of drug-likeness (QED) is 0.660. The molecule has 142 valence electrons. The second-order valence-electron chi connectivity index (χ2n) is 7.01. The van der Waals surface area contributed by atoms with E-state index in [1.165, 1.54) is 0 Å². The van der Waals surface area contributed by atoms with Crippen LogP contribution >= 0.6 is 0 Å². The van der Waals surface area contributed by atoms with Crippen molar-refractivity contribution in [1.29, 1.82) is 0 Å². The molecule has 0 saturated carbocycles. The third-order valence-corrected chi connectivity index (χ3v) is 4.26. The third-order valence-electron chi connectivity index (χ3n) is 4.26. The lowest BCUT2D eigenvalue weighted by Gasteiger charge is -2.26. The standard InChI is InChI=1S/C22H31NO3/c1-18(2)13-14-23(15-19-9-7-8-12-22(19)25-3)16-20(24)17-26-21-10-5-4-6-11-21/h4-12,18,20,24H,13-17H2,1-3H3/t20-/m1/s1. The lowest BCUT2D eigenvalue weighted by atomic mass is 10.1. The highest BCUT2D eigenvalue weighted by molar-refractivity contribution is 5.33. The van der Waals surface area contributed by atoms with Crippen LogP contribution in [0.4, 0.5) is 0 Å². The predicted octanol–water partition coefficient (Wildman–Crippen LogP) is 3.98. The molecule has 2 aromatic rings. The van der Waals surface area contributed by atoms with Crippen molar-refractivity contribution in [3.8, 4) is 11.5 Å². The Hall–Kier alpha value is -2.04. The van der Waals surface area contributed by atoms with E-state index in [4.69, 9.17) is 9.47 Å². The van der Waals surface area contributed by atoms with E-state index < -0.39 is 6.10 Å². The molecule has 0 aliphatic heterocycles. The Balaban J connectivity index is 1.94. The predicted molar refractivity (Wildman–Crippen MR) is 106 cm³/mol. The molecule has 0 amide bonds. The zero-order valence-corrected chi connectivity index (χ0v) is 16.1. The summed E-state index contributed by atoms with van der Waals surface area (Å²) in [5.74, 6) is 2.29. The van der Waals surface area contributed by atoms with Crippen LogP contribution in [-0.2, 0) is 6.54 Å². The first-order valence-electron chi connectivity index (χ1n) is 9.28. The van der Waals surface area contributed by atoms with E-state index in [1.807, 2.05) is 48.5 Å². The summed E-state index contributed by atoms with van der Waals surface area (Å²) in [5.41, 5.74) is 1.13. The van der Waals surface area contributed by atoms with Gasteiger partial charge in [0.15, 0.2) is 0 Å². The summed E-state index contributed by atoms with van der Waals surface area (Å²) in [5, 5.41) is 10.5. The summed E-state index contributed by atoms with van der Waals surface area (Å²) in [6.45, 7) is 6.97. The monoisotopic (exact) mass is 357 g/mol. The molecule has 0 radical (unpaired) electrons. The van der Waals surface area contributed by atoms with Gasteiger partial charge in [-0.2, -0.15) is 0 Å². The Bertz CT molecular complexity index is 630. The Labute approximate surface area is 157 Å². The van der Waals surface area contributed by atoms with E-state index in [0.717, 1.165) is 36.6 Å². The number of hydrogen-bond donors (Lipinski definition) is 1. The Kier molecular flexibility index (Phi) is 8.45. The minimum absolute atomic E-state index is 0.286. The van der Waals surface area contributed by atoms with Gasteiger partial charge < -0.3 is 14.6 Å². The van der Waals surface area contributed by atoms with Gasteiger partial charge in [-0.15, -0.1) is 0 Å². The van der Waals surface area contributed by atoms with E-state index in [2.05, 4.69) is 24.8 Å². The molecule has 0 heterocycles. The summed E-state index contributed by atoms with van der Waals surface area (Å²) in [7, 11) is 1.69. The maximum atomic E-state index is 10.5. The molecular weight excluding hydrogens is 326 g/mol. The van der Waals surface area contributed by atoms with Crippen LogP contribution in [0.2, 0.25) is 0 Å². The zero-order chi connectivity index (χ0) is 18.8. The fraction of sp³-hybridized carbons (Fsp3) is 0.455. The first kappa shape index (κ1) is 20.3. The van der Waals surface area contributed by atoms with Crippen LogP contribution < -0.4 is 9.47 Å². The van der Waals surface area contributed by atoms with Gasteiger partial charge in [0.05, 0.1) is 7.11 Å². The zero-order valence-electron chi connectivity index (χ0n) is 16.1. The van der Waals surface area contributed by atoms with Gasteiger partial charge in [0, 0.05) is 18.7 Å². The van der Waals surface area contributed by atoms with Crippen LogP contribution in [0.3, 0.4) is 0 Å². The van der Waals surface area contributed by atoms with Gasteiger partial charge in [-0.1, -0.05) is 50.2 Å². The van der Waals surface area contributed by atoms with Crippen molar-refractivity contribution in [2.75, 3.05) is 26.8 Å². The van der Waals surface area contributed by atoms with Crippen molar-refractivity contribution in [3.05, 3.63) is 60.2 Å². The summed E-state index contributed by atoms with van der Waals surface area (Å²) in [6, 6.07) is 17.7. The molecule has 0 aliphatic carbocycles. The third kappa shape index (κ3) is 7.06. The van der Waals surface area contributed by atoms with Crippen molar-refractivity contribution in [3.63, 3.8) is 0 Å². The Morgan fingerprint density at radius 1 is 1.00 bits per heavy atom. The lowest BCUT2D eigenvalue weighted by molar-refractivity contribution is 0.0637. The van der Waals surface area contributed by atoms with Crippen molar-refractivity contribution >= 4 is 0 Å². The number of nitrogens with zero attached hydrogens (tertiary/aromatic N) is 1. The number of ether oxygens (including phenoxy) is 2. The summed E-state index contributed by atoms with van der Waals surface area (Å²) < 4.78 is 11.2. The van der Waals surface area contributed by atoms with Crippen LogP contribution in [-0.4, -0.2) is 42.9 Å². The van der Waals surface area contributed by atoms with Crippen molar-refractivity contribution in [1.82, 2.24) is 4.90 Å². The molecule has 0 bridgehead atoms. The van der Waals surface area contributed by atoms with Gasteiger partial charge in [-0.3, -0.25) is 4.90 Å². The van der Waals surface area contributed by atoms with E-state index in [1.54, 1.807) is 7.11 Å². The maximum absolute atomic E-state index is 10.5. The van der Waals surface area contributed by atoms with Crippen molar-refractivity contribution < 1.29 is 14.6 Å². The highest BCUT2D eigenvalue weighted by Gasteiger charge is 2.15. The fourth-order valence-corrected chi connectivity index (χ4v) is 2.81. The number of para-hydroxylation sites is 2. The molecule has 2 rings (SSSR count). The van der Waals surface area contributed by atoms with Gasteiger partial charge >= 0.3 is 0 Å². The molecule has 0 aliphatic rings. The molecule has 0 saturated heterocycles. The number of methoxy groups -OCH3 is 1. The first-order chi connectivity index (χ1) is 12.6. The first-order valence-corrected chi connectivity index (χ1v) is 9.28. The smallest absolute Gasteiger partial charge is 0.123 e. The molecule has 26 heavy (non-hydrogen) atoms. The molecule has 2 aromatic carbocycles. The number of aliphatic hydroxyl groups is 1. The fourth-order valence-electron chi connectivity index (χ4n) is 2.81. The summed E-state index contributed by atoms with van der Waals surface area (Å²) >= 11 is 0. The molecule has 0 unspecified atom stereocenters. The SMILES string of the molecule is COc1ccccc1CN(CCC(C)C)C[C@@H](O)COc1ccccc1. The van der Waals surface area contributed by atoms with Gasteiger partial charge in [-0.25, -0.2) is 0 Å². The molecule has 4 heteroatoms. The van der Waals surface area contributed by atoms with Crippen molar-refractivity contribution in [2.45, 2.75) is 32.9 Å². The molecule has 1 atom stereocenters. The van der Waals surface area contributed by atoms with Crippen LogP contribution in [0.5, 0.6) is 11.5 Å². The van der Waals surface area contributed by atoms with Gasteiger partial charge in [0.25, 0.3) is 0 Å². The molecular formula is C22H31NO3. The Morgan fingerprint density at radius 3 is 2.38 bits per heavy atom. The maximum Gasteiger partial charge on any atom is 0.123 e. The highest BCUT2D eigenvalue weighted by atomic mass is 16.5. The van der Waals surface area contributed by atoms with Gasteiger partial charge in [0.1, 0.15) is 24.2 Å². The van der Waals surface area contributed by atoms with Crippen LogP contribution in [0.15, 0.2) is 54.6 Å². The summed E-state index contributed by atoms with van der Waals surface area (Å²) in [4.78, 5) is 2.27. The molecule has 0 aromatic heterocycles. The molecule has 0 spiro atoms. The second kappa shape index (κ2) is 10.8. The molecule has 1 N–H and O–H groups in total. The second-order valence-corrected chi connectivity index (χ2v) is 7.01. The van der Waals surface area contributed by atoms with E-state index >= 15 is 0 Å². The minimum Gasteiger partial charge on any atom is -0.496 e. The Morgan fingerprint density at radius 2 is 1.69 bits per heavy atom.